The molecule has 0 unspecified atom stereocenters. The van der Waals surface area contributed by atoms with Crippen LogP contribution < -0.4 is 10.8 Å². The van der Waals surface area contributed by atoms with E-state index >= 15 is 0 Å². The molecule has 5 nitrogen and oxygen atoms in total. The Bertz CT molecular complexity index is 502. The lowest BCUT2D eigenvalue weighted by atomic mass is 9.79. The molecule has 17 heavy (non-hydrogen) atoms. The molecule has 1 aliphatic heterocycles. The fraction of sp³-hybridized carbons (Fsp3) is 0. The summed E-state index contributed by atoms with van der Waals surface area (Å²) in [4.78, 5) is 17.9. The Balaban J connectivity index is 2.22. The first-order chi connectivity index (χ1) is 7.88. The average Bonchev–Trinajstić information content (AvgIpc) is 2.58. The van der Waals surface area contributed by atoms with E-state index in [1.807, 2.05) is 0 Å². The molecule has 0 spiro atoms. The van der Waals surface area contributed by atoms with Crippen LogP contribution >= 0.6 is 7.60 Å². The molecule has 0 atom stereocenters. The second-order valence-corrected chi connectivity index (χ2v) is 5.15. The van der Waals surface area contributed by atoms with Gasteiger partial charge in [0.15, 0.2) is 0 Å². The second kappa shape index (κ2) is 4.07. The standard InChI is InChI=1S/C10H10BO5P/c1-7-8(2)16-11(15-7)9-3-5-10(6-4-9)17(12,13)14/h3-6H,1-2H2,(H2,12,13,14). The van der Waals surface area contributed by atoms with Crippen LogP contribution in [0.25, 0.3) is 0 Å². The third-order valence-corrected chi connectivity index (χ3v) is 3.28. The first-order valence-corrected chi connectivity index (χ1v) is 6.37. The highest BCUT2D eigenvalue weighted by Crippen LogP contribution is 2.32. The Morgan fingerprint density at radius 3 is 1.94 bits per heavy atom. The molecule has 1 heterocycles. The summed E-state index contributed by atoms with van der Waals surface area (Å²) in [7, 11) is -4.86. The summed E-state index contributed by atoms with van der Waals surface area (Å²) in [6.07, 6.45) is 0. The molecule has 0 amide bonds. The van der Waals surface area contributed by atoms with E-state index in [0.29, 0.717) is 17.0 Å². The summed E-state index contributed by atoms with van der Waals surface area (Å²) >= 11 is 0. The molecule has 1 saturated heterocycles. The third-order valence-electron chi connectivity index (χ3n) is 2.31. The van der Waals surface area contributed by atoms with Crippen LogP contribution in [-0.4, -0.2) is 16.9 Å². The van der Waals surface area contributed by atoms with Crippen molar-refractivity contribution in [3.63, 3.8) is 0 Å². The van der Waals surface area contributed by atoms with Gasteiger partial charge in [-0.25, -0.2) is 0 Å². The maximum absolute atomic E-state index is 11.0. The topological polar surface area (TPSA) is 76.0 Å². The predicted octanol–water partition coefficient (Wildman–Crippen LogP) is 0.259. The van der Waals surface area contributed by atoms with Gasteiger partial charge in [-0.05, 0) is 12.1 Å². The minimum atomic E-state index is -4.21. The summed E-state index contributed by atoms with van der Waals surface area (Å²) < 4.78 is 21.5. The van der Waals surface area contributed by atoms with Gasteiger partial charge < -0.3 is 19.1 Å². The van der Waals surface area contributed by atoms with E-state index in [1.54, 1.807) is 0 Å². The van der Waals surface area contributed by atoms with Gasteiger partial charge in [-0.1, -0.05) is 25.3 Å². The van der Waals surface area contributed by atoms with E-state index in [2.05, 4.69) is 13.2 Å². The van der Waals surface area contributed by atoms with Crippen molar-refractivity contribution in [1.82, 2.24) is 0 Å². The molecule has 2 N–H and O–H groups in total. The lowest BCUT2D eigenvalue weighted by Gasteiger charge is -2.06. The molecule has 1 fully saturated rings. The van der Waals surface area contributed by atoms with Crippen molar-refractivity contribution in [2.45, 2.75) is 0 Å². The summed E-state index contributed by atoms with van der Waals surface area (Å²) in [5.41, 5.74) is 0.641. The molecular weight excluding hydrogens is 242 g/mol. The van der Waals surface area contributed by atoms with Crippen molar-refractivity contribution in [2.75, 3.05) is 0 Å². The monoisotopic (exact) mass is 252 g/mol. The highest BCUT2D eigenvalue weighted by Gasteiger charge is 2.34. The maximum atomic E-state index is 11.0. The van der Waals surface area contributed by atoms with E-state index in [9.17, 15) is 4.57 Å². The Hall–Kier alpha value is -1.49. The van der Waals surface area contributed by atoms with Crippen LogP contribution in [0, 0.1) is 0 Å². The van der Waals surface area contributed by atoms with Gasteiger partial charge in [0.05, 0.1) is 5.30 Å². The van der Waals surface area contributed by atoms with E-state index < -0.39 is 14.7 Å². The predicted molar refractivity (Wildman–Crippen MR) is 64.0 cm³/mol. The fourth-order valence-electron chi connectivity index (χ4n) is 1.38. The largest absolute Gasteiger partial charge is 0.632 e. The summed E-state index contributed by atoms with van der Waals surface area (Å²) in [6.45, 7) is 7.19. The number of benzene rings is 1. The molecule has 0 saturated carbocycles. The van der Waals surface area contributed by atoms with Gasteiger partial charge in [-0.15, -0.1) is 0 Å². The Morgan fingerprint density at radius 2 is 1.53 bits per heavy atom. The molecule has 0 aliphatic carbocycles. The summed E-state index contributed by atoms with van der Waals surface area (Å²) in [5.74, 6) is 0.711. The summed E-state index contributed by atoms with van der Waals surface area (Å²) in [6, 6.07) is 5.75. The first-order valence-electron chi connectivity index (χ1n) is 4.75. The van der Waals surface area contributed by atoms with Crippen molar-refractivity contribution < 1.29 is 23.7 Å². The van der Waals surface area contributed by atoms with Crippen molar-refractivity contribution in [3.05, 3.63) is 48.9 Å². The fourth-order valence-corrected chi connectivity index (χ4v) is 1.91. The van der Waals surface area contributed by atoms with Crippen molar-refractivity contribution in [3.8, 4) is 0 Å². The lowest BCUT2D eigenvalue weighted by Crippen LogP contribution is -2.31. The average molecular weight is 252 g/mol. The third kappa shape index (κ3) is 2.44. The lowest BCUT2D eigenvalue weighted by molar-refractivity contribution is 0.387. The number of rotatable bonds is 2. The van der Waals surface area contributed by atoms with Gasteiger partial charge in [0, 0.05) is 5.46 Å². The Kier molecular flexibility index (Phi) is 2.87. The van der Waals surface area contributed by atoms with Crippen molar-refractivity contribution in [1.29, 1.82) is 0 Å². The molecule has 88 valence electrons. The molecule has 1 aromatic carbocycles. The van der Waals surface area contributed by atoms with Crippen LogP contribution in [0.3, 0.4) is 0 Å². The van der Waals surface area contributed by atoms with Crippen LogP contribution in [-0.2, 0) is 13.9 Å². The highest BCUT2D eigenvalue weighted by molar-refractivity contribution is 7.60. The van der Waals surface area contributed by atoms with Crippen LogP contribution in [0.4, 0.5) is 0 Å². The van der Waals surface area contributed by atoms with Crippen LogP contribution in [0.5, 0.6) is 0 Å². The molecule has 0 radical (unpaired) electrons. The second-order valence-electron chi connectivity index (χ2n) is 3.55. The van der Waals surface area contributed by atoms with Gasteiger partial charge in [0.2, 0.25) is 0 Å². The minimum Gasteiger partial charge on any atom is -0.520 e. The first kappa shape index (κ1) is 12.0. The molecule has 0 aromatic heterocycles. The van der Waals surface area contributed by atoms with E-state index in [-0.39, 0.29) is 5.30 Å². The van der Waals surface area contributed by atoms with Gasteiger partial charge in [0.25, 0.3) is 0 Å². The highest BCUT2D eigenvalue weighted by atomic mass is 31.2. The Labute approximate surface area is 98.7 Å². The van der Waals surface area contributed by atoms with Gasteiger partial charge >= 0.3 is 14.7 Å². The van der Waals surface area contributed by atoms with Crippen molar-refractivity contribution >= 4 is 25.5 Å². The molecular formula is C10H10BO5P. The van der Waals surface area contributed by atoms with Crippen LogP contribution in [0.2, 0.25) is 0 Å². The van der Waals surface area contributed by atoms with E-state index in [4.69, 9.17) is 19.1 Å². The minimum absolute atomic E-state index is 0.0445. The zero-order chi connectivity index (χ0) is 12.6. The number of hydrogen-bond donors (Lipinski definition) is 2. The smallest absolute Gasteiger partial charge is 0.520 e. The Morgan fingerprint density at radius 1 is 1.06 bits per heavy atom. The molecule has 7 heteroatoms. The zero-order valence-electron chi connectivity index (χ0n) is 8.87. The summed E-state index contributed by atoms with van der Waals surface area (Å²) in [5, 5.41) is -0.0445. The number of hydrogen-bond acceptors (Lipinski definition) is 3. The molecule has 1 aliphatic rings. The zero-order valence-corrected chi connectivity index (χ0v) is 9.76. The molecule has 2 rings (SSSR count). The van der Waals surface area contributed by atoms with Gasteiger partial charge in [-0.3, -0.25) is 4.57 Å². The normalized spacial score (nSPS) is 15.8. The SMILES string of the molecule is C=C1OB(c2ccc(P(=O)(O)O)cc2)OC1=C. The van der Waals surface area contributed by atoms with E-state index in [1.165, 1.54) is 24.3 Å². The van der Waals surface area contributed by atoms with Gasteiger partial charge in [0.1, 0.15) is 11.5 Å². The molecule has 1 aromatic rings. The van der Waals surface area contributed by atoms with Crippen LogP contribution in [0.15, 0.2) is 48.9 Å². The van der Waals surface area contributed by atoms with Crippen molar-refractivity contribution in [2.24, 2.45) is 0 Å². The molecule has 0 bridgehead atoms. The van der Waals surface area contributed by atoms with Gasteiger partial charge in [-0.2, -0.15) is 0 Å². The van der Waals surface area contributed by atoms with Crippen LogP contribution in [0.1, 0.15) is 0 Å². The maximum Gasteiger partial charge on any atom is 0.632 e. The van der Waals surface area contributed by atoms with E-state index in [0.717, 1.165) is 0 Å². The quantitative estimate of drug-likeness (QED) is 0.583.